The van der Waals surface area contributed by atoms with E-state index in [0.29, 0.717) is 36.7 Å². The van der Waals surface area contributed by atoms with E-state index < -0.39 is 5.97 Å². The molecule has 0 bridgehead atoms. The number of rotatable bonds is 4. The number of carboxylic acid groups (broad SMARTS) is 1. The maximum atomic E-state index is 11.9. The number of carbonyl (C=O) groups is 2. The number of carboxylic acids is 1. The summed E-state index contributed by atoms with van der Waals surface area (Å²) in [6.07, 6.45) is 0.974. The maximum Gasteiger partial charge on any atom is 0.320 e. The fraction of sp³-hybridized carbons (Fsp3) is 0.429. The van der Waals surface area contributed by atoms with Crippen LogP contribution in [0, 0.1) is 5.92 Å². The Labute approximate surface area is 127 Å². The van der Waals surface area contributed by atoms with Gasteiger partial charge in [0, 0.05) is 18.1 Å². The molecule has 1 aliphatic heterocycles. The fourth-order valence-corrected chi connectivity index (χ4v) is 2.28. The van der Waals surface area contributed by atoms with Gasteiger partial charge in [-0.15, -0.1) is 0 Å². The molecule has 21 heavy (non-hydrogen) atoms. The second-order valence-corrected chi connectivity index (χ2v) is 5.26. The summed E-state index contributed by atoms with van der Waals surface area (Å²) in [6, 6.07) is 6.59. The van der Waals surface area contributed by atoms with Crippen molar-refractivity contribution >= 4 is 23.6 Å². The zero-order valence-electron chi connectivity index (χ0n) is 11.4. The van der Waals surface area contributed by atoms with Crippen LogP contribution in [0.3, 0.4) is 0 Å². The van der Waals surface area contributed by atoms with E-state index in [9.17, 15) is 9.59 Å². The number of likely N-dealkylation sites (tertiary alicyclic amines) is 1. The number of ether oxygens (including phenoxy) is 1. The Bertz CT molecular complexity index is 498. The Kier molecular flexibility index (Phi) is 5.27. The van der Waals surface area contributed by atoms with E-state index in [1.165, 1.54) is 0 Å². The van der Waals surface area contributed by atoms with Crippen molar-refractivity contribution in [3.05, 3.63) is 29.3 Å². The van der Waals surface area contributed by atoms with Gasteiger partial charge in [-0.25, -0.2) is 4.79 Å². The number of amides is 2. The molecule has 1 aromatic carbocycles. The summed E-state index contributed by atoms with van der Waals surface area (Å²) in [5.74, 6) is -0.523. The summed E-state index contributed by atoms with van der Waals surface area (Å²) in [6.45, 7) is 0.951. The number of urea groups is 1. The molecule has 0 spiro atoms. The van der Waals surface area contributed by atoms with Crippen molar-refractivity contribution in [2.75, 3.05) is 19.8 Å². The van der Waals surface area contributed by atoms with Crippen LogP contribution in [0.2, 0.25) is 5.02 Å². The van der Waals surface area contributed by atoms with Crippen LogP contribution in [-0.4, -0.2) is 41.8 Å². The molecule has 6 nitrogen and oxygen atoms in total. The third kappa shape index (κ3) is 4.53. The minimum absolute atomic E-state index is 0.0549. The highest BCUT2D eigenvalue weighted by molar-refractivity contribution is 6.30. The van der Waals surface area contributed by atoms with E-state index in [1.54, 1.807) is 29.2 Å². The van der Waals surface area contributed by atoms with Gasteiger partial charge in [0.05, 0.1) is 5.92 Å². The van der Waals surface area contributed by atoms with E-state index >= 15 is 0 Å². The zero-order chi connectivity index (χ0) is 15.2. The van der Waals surface area contributed by atoms with Crippen LogP contribution in [0.1, 0.15) is 12.8 Å². The molecule has 1 fully saturated rings. The number of nitrogens with zero attached hydrogens (tertiary/aromatic N) is 1. The Morgan fingerprint density at radius 2 is 1.90 bits per heavy atom. The molecule has 114 valence electrons. The predicted octanol–water partition coefficient (Wildman–Crippen LogP) is 2.18. The van der Waals surface area contributed by atoms with Crippen molar-refractivity contribution in [3.8, 4) is 5.75 Å². The SMILES string of the molecule is O=C(O)C1CCN(C(=O)NCOc2ccc(Cl)cc2)CC1. The van der Waals surface area contributed by atoms with E-state index in [4.69, 9.17) is 21.4 Å². The number of piperidine rings is 1. The first-order valence-corrected chi connectivity index (χ1v) is 7.08. The van der Waals surface area contributed by atoms with Crippen LogP contribution < -0.4 is 10.1 Å². The lowest BCUT2D eigenvalue weighted by atomic mass is 9.97. The van der Waals surface area contributed by atoms with E-state index in [-0.39, 0.29) is 18.7 Å². The monoisotopic (exact) mass is 312 g/mol. The first-order chi connectivity index (χ1) is 10.1. The fourth-order valence-electron chi connectivity index (χ4n) is 2.15. The van der Waals surface area contributed by atoms with Crippen LogP contribution in [0.15, 0.2) is 24.3 Å². The largest absolute Gasteiger partial charge is 0.481 e. The van der Waals surface area contributed by atoms with Gasteiger partial charge in [0.2, 0.25) is 0 Å². The van der Waals surface area contributed by atoms with Gasteiger partial charge in [-0.3, -0.25) is 4.79 Å². The molecule has 0 saturated carbocycles. The first-order valence-electron chi connectivity index (χ1n) is 6.70. The third-order valence-electron chi connectivity index (χ3n) is 3.41. The molecule has 1 aliphatic rings. The molecule has 2 amide bonds. The number of carbonyl (C=O) groups excluding carboxylic acids is 1. The average molecular weight is 313 g/mol. The van der Waals surface area contributed by atoms with Gasteiger partial charge in [0.1, 0.15) is 5.75 Å². The summed E-state index contributed by atoms with van der Waals surface area (Å²) in [5, 5.41) is 12.2. The molecule has 0 atom stereocenters. The summed E-state index contributed by atoms with van der Waals surface area (Å²) in [4.78, 5) is 24.3. The summed E-state index contributed by atoms with van der Waals surface area (Å²) in [5.41, 5.74) is 0. The van der Waals surface area contributed by atoms with Gasteiger partial charge in [0.25, 0.3) is 0 Å². The number of aliphatic carboxylic acids is 1. The van der Waals surface area contributed by atoms with Crippen molar-refractivity contribution in [1.29, 1.82) is 0 Å². The normalized spacial score (nSPS) is 15.6. The van der Waals surface area contributed by atoms with Gasteiger partial charge in [-0.1, -0.05) is 11.6 Å². The lowest BCUT2D eigenvalue weighted by Crippen LogP contribution is -2.46. The molecule has 1 aromatic rings. The van der Waals surface area contributed by atoms with Crippen molar-refractivity contribution in [2.24, 2.45) is 5.92 Å². The first kappa shape index (κ1) is 15.4. The molecular weight excluding hydrogens is 296 g/mol. The Balaban J connectivity index is 1.70. The van der Waals surface area contributed by atoms with Gasteiger partial charge in [-0.2, -0.15) is 0 Å². The minimum Gasteiger partial charge on any atom is -0.481 e. The molecular formula is C14H17ClN2O4. The topological polar surface area (TPSA) is 78.9 Å². The second kappa shape index (κ2) is 7.17. The van der Waals surface area contributed by atoms with Gasteiger partial charge >= 0.3 is 12.0 Å². The molecule has 7 heteroatoms. The number of benzene rings is 1. The number of hydrogen-bond donors (Lipinski definition) is 2. The van der Waals surface area contributed by atoms with Crippen LogP contribution in [0.4, 0.5) is 4.79 Å². The highest BCUT2D eigenvalue weighted by Crippen LogP contribution is 2.17. The van der Waals surface area contributed by atoms with Gasteiger partial charge in [-0.05, 0) is 37.1 Å². The molecule has 1 saturated heterocycles. The quantitative estimate of drug-likeness (QED) is 0.835. The average Bonchev–Trinajstić information content (AvgIpc) is 2.49. The molecule has 0 aliphatic carbocycles. The van der Waals surface area contributed by atoms with E-state index in [2.05, 4.69) is 5.32 Å². The maximum absolute atomic E-state index is 11.9. The Morgan fingerprint density at radius 1 is 1.29 bits per heavy atom. The van der Waals surface area contributed by atoms with Crippen molar-refractivity contribution in [2.45, 2.75) is 12.8 Å². The lowest BCUT2D eigenvalue weighted by molar-refractivity contribution is -0.143. The van der Waals surface area contributed by atoms with Crippen LogP contribution >= 0.6 is 11.6 Å². The number of nitrogens with one attached hydrogen (secondary N) is 1. The standard InChI is InChI=1S/C14H17ClN2O4/c15-11-1-3-12(4-2-11)21-9-16-14(20)17-7-5-10(6-8-17)13(18)19/h1-4,10H,5-9H2,(H,16,20)(H,18,19). The van der Waals surface area contributed by atoms with Crippen molar-refractivity contribution in [3.63, 3.8) is 0 Å². The second-order valence-electron chi connectivity index (χ2n) is 4.82. The molecule has 2 N–H and O–H groups in total. The molecule has 0 radical (unpaired) electrons. The summed E-state index contributed by atoms with van der Waals surface area (Å²) >= 11 is 5.76. The Morgan fingerprint density at radius 3 is 2.48 bits per heavy atom. The highest BCUT2D eigenvalue weighted by Gasteiger charge is 2.26. The van der Waals surface area contributed by atoms with E-state index in [0.717, 1.165) is 0 Å². The van der Waals surface area contributed by atoms with Crippen LogP contribution in [0.5, 0.6) is 5.75 Å². The summed E-state index contributed by atoms with van der Waals surface area (Å²) in [7, 11) is 0. The van der Waals surface area contributed by atoms with E-state index in [1.807, 2.05) is 0 Å². The van der Waals surface area contributed by atoms with Crippen LogP contribution in [-0.2, 0) is 4.79 Å². The van der Waals surface area contributed by atoms with Crippen molar-refractivity contribution in [1.82, 2.24) is 10.2 Å². The van der Waals surface area contributed by atoms with Crippen molar-refractivity contribution < 1.29 is 19.4 Å². The smallest absolute Gasteiger partial charge is 0.320 e. The van der Waals surface area contributed by atoms with Crippen LogP contribution in [0.25, 0.3) is 0 Å². The number of halogens is 1. The molecule has 0 aromatic heterocycles. The minimum atomic E-state index is -0.791. The molecule has 2 rings (SSSR count). The van der Waals surface area contributed by atoms with Gasteiger partial charge < -0.3 is 20.1 Å². The molecule has 0 unspecified atom stereocenters. The zero-order valence-corrected chi connectivity index (χ0v) is 12.2. The lowest BCUT2D eigenvalue weighted by Gasteiger charge is -2.30. The van der Waals surface area contributed by atoms with Gasteiger partial charge in [0.15, 0.2) is 6.73 Å². The third-order valence-corrected chi connectivity index (χ3v) is 3.66. The highest BCUT2D eigenvalue weighted by atomic mass is 35.5. The predicted molar refractivity (Wildman–Crippen MR) is 77.4 cm³/mol. The Hall–Kier alpha value is -1.95. The molecule has 1 heterocycles. The summed E-state index contributed by atoms with van der Waals surface area (Å²) < 4.78 is 5.37. The number of hydrogen-bond acceptors (Lipinski definition) is 3.